The molecule has 0 aliphatic carbocycles. The highest BCUT2D eigenvalue weighted by Gasteiger charge is 2.13. The topological polar surface area (TPSA) is 102 Å². The monoisotopic (exact) mass is 266 g/mol. The average molecular weight is 266 g/mol. The Bertz CT molecular complexity index is 433. The van der Waals surface area contributed by atoms with Crippen LogP contribution in [0.1, 0.15) is 11.3 Å². The molecule has 1 fully saturated rings. The molecule has 0 amide bonds. The number of hydrogen-bond acceptors (Lipinski definition) is 6. The molecule has 1 atom stereocenters. The van der Waals surface area contributed by atoms with Crippen LogP contribution in [-0.2, 0) is 16.0 Å². The highest BCUT2D eigenvalue weighted by molar-refractivity contribution is 5.95. The summed E-state index contributed by atoms with van der Waals surface area (Å²) in [7, 11) is 0. The van der Waals surface area contributed by atoms with Crippen molar-refractivity contribution in [2.24, 2.45) is 10.9 Å². The number of pyridine rings is 1. The number of oxime groups is 1. The van der Waals surface area contributed by atoms with Crippen LogP contribution in [0.3, 0.4) is 0 Å². The number of amidine groups is 1. The van der Waals surface area contributed by atoms with Crippen LogP contribution in [0.5, 0.6) is 0 Å². The smallest absolute Gasteiger partial charge is 0.188 e. The Kier molecular flexibility index (Phi) is 5.08. The van der Waals surface area contributed by atoms with Gasteiger partial charge in [0.15, 0.2) is 5.84 Å². The maximum atomic E-state index is 8.60. The molecule has 0 spiro atoms. The summed E-state index contributed by atoms with van der Waals surface area (Å²) >= 11 is 0. The zero-order valence-electron chi connectivity index (χ0n) is 10.6. The van der Waals surface area contributed by atoms with E-state index in [1.54, 1.807) is 12.3 Å². The lowest BCUT2D eigenvalue weighted by Crippen LogP contribution is -2.37. The van der Waals surface area contributed by atoms with E-state index in [-0.39, 0.29) is 11.9 Å². The molecule has 0 aromatic carbocycles. The molecular weight excluding hydrogens is 248 g/mol. The Morgan fingerprint density at radius 1 is 1.58 bits per heavy atom. The Hall–Kier alpha value is -1.70. The summed E-state index contributed by atoms with van der Waals surface area (Å²) in [6.07, 6.45) is 1.73. The summed E-state index contributed by atoms with van der Waals surface area (Å²) < 4.78 is 10.8. The van der Waals surface area contributed by atoms with Crippen LogP contribution in [0, 0.1) is 0 Å². The first kappa shape index (κ1) is 13.7. The van der Waals surface area contributed by atoms with Gasteiger partial charge in [0.05, 0.1) is 25.9 Å². The van der Waals surface area contributed by atoms with Crippen LogP contribution >= 0.6 is 0 Å². The second-order valence-corrected chi connectivity index (χ2v) is 4.23. The molecule has 1 aromatic rings. The van der Waals surface area contributed by atoms with Gasteiger partial charge in [0.25, 0.3) is 0 Å². The van der Waals surface area contributed by atoms with Gasteiger partial charge in [-0.25, -0.2) is 0 Å². The minimum absolute atomic E-state index is 0.00543. The molecule has 2 heterocycles. The van der Waals surface area contributed by atoms with Gasteiger partial charge in [-0.3, -0.25) is 4.98 Å². The van der Waals surface area contributed by atoms with Crippen molar-refractivity contribution in [3.63, 3.8) is 0 Å². The summed E-state index contributed by atoms with van der Waals surface area (Å²) in [5, 5.41) is 14.8. The molecule has 7 heteroatoms. The van der Waals surface area contributed by atoms with E-state index in [0.717, 1.165) is 12.1 Å². The molecule has 1 aliphatic heterocycles. The number of hydrogen-bond donors (Lipinski definition) is 3. The van der Waals surface area contributed by atoms with E-state index in [1.165, 1.54) is 0 Å². The van der Waals surface area contributed by atoms with Crippen LogP contribution in [-0.4, -0.2) is 48.5 Å². The molecule has 1 aliphatic rings. The second-order valence-electron chi connectivity index (χ2n) is 4.23. The summed E-state index contributed by atoms with van der Waals surface area (Å²) in [5.41, 5.74) is 6.95. The molecule has 2 rings (SSSR count). The standard InChI is InChI=1S/C12H18N4O3/c13-12(16-17)11-5-9(1-2-15-11)6-14-7-10-8-18-3-4-19-10/h1-2,5,10,14,17H,3-4,6-8H2,(H2,13,16). The van der Waals surface area contributed by atoms with Crippen molar-refractivity contribution in [2.75, 3.05) is 26.4 Å². The quantitative estimate of drug-likeness (QED) is 0.292. The van der Waals surface area contributed by atoms with Crippen molar-refractivity contribution in [3.8, 4) is 0 Å². The zero-order valence-corrected chi connectivity index (χ0v) is 10.6. The van der Waals surface area contributed by atoms with E-state index >= 15 is 0 Å². The molecule has 104 valence electrons. The van der Waals surface area contributed by atoms with Crippen molar-refractivity contribution in [1.29, 1.82) is 0 Å². The van der Waals surface area contributed by atoms with Crippen LogP contribution in [0.25, 0.3) is 0 Å². The van der Waals surface area contributed by atoms with Crippen molar-refractivity contribution in [3.05, 3.63) is 29.6 Å². The third kappa shape index (κ3) is 4.16. The van der Waals surface area contributed by atoms with Gasteiger partial charge < -0.3 is 25.7 Å². The normalized spacial score (nSPS) is 20.4. The Balaban J connectivity index is 1.82. The molecule has 19 heavy (non-hydrogen) atoms. The number of nitrogens with zero attached hydrogens (tertiary/aromatic N) is 2. The highest BCUT2D eigenvalue weighted by atomic mass is 16.6. The van der Waals surface area contributed by atoms with Crippen LogP contribution in [0.15, 0.2) is 23.5 Å². The number of rotatable bonds is 5. The maximum Gasteiger partial charge on any atom is 0.188 e. The van der Waals surface area contributed by atoms with E-state index in [9.17, 15) is 0 Å². The first-order chi connectivity index (χ1) is 9.29. The summed E-state index contributed by atoms with van der Waals surface area (Å²) in [6, 6.07) is 3.65. The first-order valence-electron chi connectivity index (χ1n) is 6.12. The maximum absolute atomic E-state index is 8.60. The van der Waals surface area contributed by atoms with E-state index in [1.807, 2.05) is 6.07 Å². The fraction of sp³-hybridized carbons (Fsp3) is 0.500. The molecule has 1 unspecified atom stereocenters. The van der Waals surface area contributed by atoms with E-state index in [4.69, 9.17) is 20.4 Å². The summed E-state index contributed by atoms with van der Waals surface area (Å²) in [6.45, 7) is 3.33. The Labute approximate surface area is 111 Å². The fourth-order valence-corrected chi connectivity index (χ4v) is 1.81. The lowest BCUT2D eigenvalue weighted by atomic mass is 10.2. The van der Waals surface area contributed by atoms with Gasteiger partial charge in [0, 0.05) is 19.3 Å². The largest absolute Gasteiger partial charge is 0.409 e. The predicted molar refractivity (Wildman–Crippen MR) is 69.0 cm³/mol. The number of nitrogens with one attached hydrogen (secondary N) is 1. The van der Waals surface area contributed by atoms with Crippen molar-refractivity contribution < 1.29 is 14.7 Å². The van der Waals surface area contributed by atoms with Gasteiger partial charge in [-0.15, -0.1) is 0 Å². The van der Waals surface area contributed by atoms with Gasteiger partial charge >= 0.3 is 0 Å². The highest BCUT2D eigenvalue weighted by Crippen LogP contribution is 2.03. The molecular formula is C12H18N4O3. The zero-order chi connectivity index (χ0) is 13.5. The molecule has 0 bridgehead atoms. The van der Waals surface area contributed by atoms with Crippen LogP contribution in [0.4, 0.5) is 0 Å². The van der Waals surface area contributed by atoms with E-state index < -0.39 is 0 Å². The van der Waals surface area contributed by atoms with Gasteiger partial charge in [0.1, 0.15) is 5.69 Å². The number of ether oxygens (including phenoxy) is 2. The van der Waals surface area contributed by atoms with Crippen LogP contribution in [0.2, 0.25) is 0 Å². The minimum Gasteiger partial charge on any atom is -0.409 e. The number of aromatic nitrogens is 1. The Morgan fingerprint density at radius 3 is 3.21 bits per heavy atom. The minimum atomic E-state index is 0.00543. The molecule has 1 aromatic heterocycles. The first-order valence-corrected chi connectivity index (χ1v) is 6.12. The van der Waals surface area contributed by atoms with Crippen molar-refractivity contribution in [1.82, 2.24) is 10.3 Å². The third-order valence-corrected chi connectivity index (χ3v) is 2.78. The van der Waals surface area contributed by atoms with Gasteiger partial charge in [0.2, 0.25) is 0 Å². The Morgan fingerprint density at radius 2 is 2.47 bits per heavy atom. The molecule has 0 radical (unpaired) electrons. The molecule has 0 saturated carbocycles. The third-order valence-electron chi connectivity index (χ3n) is 2.78. The predicted octanol–water partition coefficient (Wildman–Crippen LogP) is -0.319. The van der Waals surface area contributed by atoms with Gasteiger partial charge in [-0.1, -0.05) is 5.16 Å². The van der Waals surface area contributed by atoms with E-state index in [2.05, 4.69) is 15.5 Å². The molecule has 7 nitrogen and oxygen atoms in total. The lowest BCUT2D eigenvalue weighted by Gasteiger charge is -2.23. The fourth-order valence-electron chi connectivity index (χ4n) is 1.81. The average Bonchev–Trinajstić information content (AvgIpc) is 2.48. The van der Waals surface area contributed by atoms with Crippen molar-refractivity contribution >= 4 is 5.84 Å². The SMILES string of the molecule is NC(=NO)c1cc(CNCC2COCCO2)ccn1. The van der Waals surface area contributed by atoms with Crippen LogP contribution < -0.4 is 11.1 Å². The van der Waals surface area contributed by atoms with Gasteiger partial charge in [-0.2, -0.15) is 0 Å². The number of nitrogens with two attached hydrogens (primary N) is 1. The molecule has 4 N–H and O–H groups in total. The van der Waals surface area contributed by atoms with Crippen molar-refractivity contribution in [2.45, 2.75) is 12.6 Å². The summed E-state index contributed by atoms with van der Waals surface area (Å²) in [5.74, 6) is 0.00543. The molecule has 1 saturated heterocycles. The summed E-state index contributed by atoms with van der Waals surface area (Å²) in [4.78, 5) is 4.02. The van der Waals surface area contributed by atoms with Gasteiger partial charge in [-0.05, 0) is 17.7 Å². The van der Waals surface area contributed by atoms with E-state index in [0.29, 0.717) is 32.1 Å². The second kappa shape index (κ2) is 7.03. The lowest BCUT2D eigenvalue weighted by molar-refractivity contribution is -0.0864.